The van der Waals surface area contributed by atoms with E-state index >= 15 is 0 Å². The quantitative estimate of drug-likeness (QED) is 0.123. The third-order valence-corrected chi connectivity index (χ3v) is 15.5. The molecule has 62 heavy (non-hydrogen) atoms. The molecule has 0 bridgehead atoms. The second-order valence-corrected chi connectivity index (χ2v) is 24.5. The van der Waals surface area contributed by atoms with Gasteiger partial charge in [0.2, 0.25) is 0 Å². The minimum Gasteiger partial charge on any atom is -0.333 e. The van der Waals surface area contributed by atoms with Gasteiger partial charge < -0.3 is 9.55 Å². The number of hydrogen-bond acceptors (Lipinski definition) is 3. The van der Waals surface area contributed by atoms with E-state index in [4.69, 9.17) is 11.8 Å². The summed E-state index contributed by atoms with van der Waals surface area (Å²) in [6.07, 6.45) is 1.89. The van der Waals surface area contributed by atoms with Gasteiger partial charge in [0.1, 0.15) is 0 Å². The maximum absolute atomic E-state index is 8.57. The van der Waals surface area contributed by atoms with E-state index in [2.05, 4.69) is 147 Å². The van der Waals surface area contributed by atoms with Gasteiger partial charge >= 0.3 is 0 Å². The number of aryl methyl sites for hydroxylation is 2. The molecule has 0 amide bonds. The number of para-hydroxylation sites is 2. The van der Waals surface area contributed by atoms with Gasteiger partial charge in [-0.15, -0.1) is 53.6 Å². The topological polar surface area (TPSA) is 30.7 Å². The zero-order valence-corrected chi connectivity index (χ0v) is 41.3. The van der Waals surface area contributed by atoms with Crippen molar-refractivity contribution in [2.45, 2.75) is 92.2 Å². The molecule has 1 aliphatic carbocycles. The molecule has 0 spiro atoms. The fourth-order valence-corrected chi connectivity index (χ4v) is 11.8. The molecule has 6 heteroatoms. The summed E-state index contributed by atoms with van der Waals surface area (Å²) >= 11 is 1.77. The largest absolute Gasteiger partial charge is 0.333 e. The molecule has 315 valence electrons. The standard InChI is InChI=1S/C38H31N2S.C18H24NSi.Ir/c1-22(2)24-17-18-26-27-12-10-13-28(36(27)41-35(26)20-24)37-39-32-15-8-9-16-33(32)40(37)34-21-31-29(19-23(34)3)25-11-6-7-14-30(25)38(31,4)5;1-13(2)16-11-17(15-9-7-14(3)8-10-15)19-12-18(16)20(4,5)6;/h6-12,14-22H,1-5H3;7-9,11-13H,1-6H3;/q2*-1;/i22D;3D3,13D;. The van der Waals surface area contributed by atoms with E-state index in [0.717, 1.165) is 50.5 Å². The van der Waals surface area contributed by atoms with Crippen molar-refractivity contribution in [2.24, 2.45) is 0 Å². The number of benzene rings is 6. The van der Waals surface area contributed by atoms with Crippen molar-refractivity contribution in [3.05, 3.63) is 167 Å². The Balaban J connectivity index is 0.000000209. The van der Waals surface area contributed by atoms with Crippen molar-refractivity contribution in [1.82, 2.24) is 14.5 Å². The van der Waals surface area contributed by atoms with Crippen molar-refractivity contribution in [3.63, 3.8) is 0 Å². The van der Waals surface area contributed by atoms with Crippen LogP contribution in [0.1, 0.15) is 93.6 Å². The number of pyridine rings is 1. The van der Waals surface area contributed by atoms with Gasteiger partial charge in [-0.2, -0.15) is 11.3 Å². The maximum atomic E-state index is 8.57. The molecule has 6 aromatic carbocycles. The molecule has 0 fully saturated rings. The zero-order chi connectivity index (χ0) is 47.3. The molecule has 3 aromatic heterocycles. The van der Waals surface area contributed by atoms with Crippen LogP contribution in [0, 0.1) is 25.9 Å². The number of nitrogens with zero attached hydrogens (tertiary/aromatic N) is 3. The smallest absolute Gasteiger partial charge is 0.0799 e. The maximum Gasteiger partial charge on any atom is 0.0799 e. The van der Waals surface area contributed by atoms with Crippen molar-refractivity contribution >= 4 is 55.8 Å². The van der Waals surface area contributed by atoms with Crippen LogP contribution in [0.5, 0.6) is 0 Å². The Kier molecular flexibility index (Phi) is 10.1. The Bertz CT molecular complexity index is 3350. The minimum absolute atomic E-state index is 0. The summed E-state index contributed by atoms with van der Waals surface area (Å²) in [5.74, 6) is -0.455. The van der Waals surface area contributed by atoms with E-state index in [1.165, 1.54) is 59.2 Å². The molecule has 0 atom stereocenters. The van der Waals surface area contributed by atoms with Crippen molar-refractivity contribution in [2.75, 3.05) is 0 Å². The molecule has 3 nitrogen and oxygen atoms in total. The van der Waals surface area contributed by atoms with E-state index in [0.29, 0.717) is 0 Å². The average molecular weight is 1030 g/mol. The Labute approximate surface area is 393 Å². The Morgan fingerprint density at radius 2 is 1.58 bits per heavy atom. The van der Waals surface area contributed by atoms with Gasteiger partial charge in [0.05, 0.1) is 24.9 Å². The summed E-state index contributed by atoms with van der Waals surface area (Å²) in [4.78, 5) is 9.82. The number of hydrogen-bond donors (Lipinski definition) is 0. The van der Waals surface area contributed by atoms with E-state index in [-0.39, 0.29) is 31.1 Å². The van der Waals surface area contributed by atoms with Gasteiger partial charge in [-0.05, 0) is 103 Å². The van der Waals surface area contributed by atoms with E-state index < -0.39 is 26.7 Å². The predicted molar refractivity (Wildman–Crippen MR) is 265 cm³/mol. The summed E-state index contributed by atoms with van der Waals surface area (Å²) < 4.78 is 44.1. The first-order valence-corrected chi connectivity index (χ1v) is 25.4. The molecule has 10 rings (SSSR count). The summed E-state index contributed by atoms with van der Waals surface area (Å²) in [6.45, 7) is 19.2. The van der Waals surface area contributed by atoms with Crippen molar-refractivity contribution in [3.8, 4) is 39.5 Å². The molecular formula is C56H55IrN3SSi-2. The van der Waals surface area contributed by atoms with Crippen molar-refractivity contribution < 1.29 is 27.0 Å². The second kappa shape index (κ2) is 16.6. The van der Waals surface area contributed by atoms with Gasteiger partial charge in [0, 0.05) is 49.0 Å². The zero-order valence-electron chi connectivity index (χ0n) is 42.1. The molecule has 0 N–H and O–H groups in total. The first kappa shape index (κ1) is 37.6. The Morgan fingerprint density at radius 1 is 0.806 bits per heavy atom. The number of rotatable bonds is 6. The molecule has 3 heterocycles. The van der Waals surface area contributed by atoms with Crippen LogP contribution < -0.4 is 5.19 Å². The Morgan fingerprint density at radius 3 is 2.31 bits per heavy atom. The van der Waals surface area contributed by atoms with Crippen LogP contribution in [0.2, 0.25) is 19.6 Å². The fraction of sp³-hybridized carbons (Fsp3) is 0.250. The minimum atomic E-state index is -2.13. The third kappa shape index (κ3) is 7.64. The summed E-state index contributed by atoms with van der Waals surface area (Å²) in [5, 5.41) is 3.61. The fourth-order valence-electron chi connectivity index (χ4n) is 8.94. The van der Waals surface area contributed by atoms with Crippen LogP contribution in [-0.4, -0.2) is 22.6 Å². The molecule has 0 saturated carbocycles. The van der Waals surface area contributed by atoms with E-state index in [1.807, 2.05) is 46.0 Å². The van der Waals surface area contributed by atoms with E-state index in [9.17, 15) is 0 Å². The van der Waals surface area contributed by atoms with Gasteiger partial charge in [-0.1, -0.05) is 139 Å². The number of thiophene rings is 1. The molecule has 1 aliphatic rings. The first-order valence-electron chi connectivity index (χ1n) is 23.6. The third-order valence-electron chi connectivity index (χ3n) is 12.3. The van der Waals surface area contributed by atoms with Crippen LogP contribution >= 0.6 is 11.3 Å². The molecular weight excluding hydrogens is 967 g/mol. The summed E-state index contributed by atoms with van der Waals surface area (Å²) in [6, 6.07) is 46.1. The van der Waals surface area contributed by atoms with Crippen LogP contribution in [0.3, 0.4) is 0 Å². The first-order chi connectivity index (χ1) is 30.9. The summed E-state index contributed by atoms with van der Waals surface area (Å²) in [7, 11) is -1.61. The molecule has 0 saturated heterocycles. The monoisotopic (exact) mass is 1030 g/mol. The van der Waals surface area contributed by atoms with Gasteiger partial charge in [0.25, 0.3) is 0 Å². The van der Waals surface area contributed by atoms with Crippen LogP contribution in [0.4, 0.5) is 0 Å². The van der Waals surface area contributed by atoms with E-state index in [1.54, 1.807) is 23.5 Å². The Hall–Kier alpha value is -4.97. The van der Waals surface area contributed by atoms with Crippen LogP contribution in [0.25, 0.3) is 70.7 Å². The molecule has 1 radical (unpaired) electrons. The number of fused-ring (bicyclic) bond motifs is 7. The molecule has 0 unspecified atom stereocenters. The normalized spacial score (nSPS) is 14.8. The van der Waals surface area contributed by atoms with Gasteiger partial charge in [-0.3, -0.25) is 4.98 Å². The number of imidazole rings is 1. The van der Waals surface area contributed by atoms with Crippen LogP contribution in [0.15, 0.2) is 121 Å². The average Bonchev–Trinajstić information content (AvgIpc) is 3.90. The molecule has 0 aliphatic heterocycles. The predicted octanol–water partition coefficient (Wildman–Crippen LogP) is 15.1. The summed E-state index contributed by atoms with van der Waals surface area (Å²) in [5.41, 5.74) is 14.5. The molecule has 9 aromatic rings. The van der Waals surface area contributed by atoms with Gasteiger partial charge in [0.15, 0.2) is 0 Å². The van der Waals surface area contributed by atoms with Crippen molar-refractivity contribution in [1.29, 1.82) is 0 Å². The number of aromatic nitrogens is 3. The second-order valence-electron chi connectivity index (χ2n) is 18.4. The van der Waals surface area contributed by atoms with Crippen LogP contribution in [-0.2, 0) is 25.5 Å². The SMILES string of the molecule is [2H]C(C)(C)c1ccc2c(c1)sc1c(-c3nc4ccccc4n3-c3cc4c(cc3C)-c3ccccc3C4(C)C)[c-]ccc12.[2H]C([2H])([2H])c1c[c-]c(-c2cc(C([2H])(C)C)c([Si](C)(C)C)cn2)cc1.[Ir]. The van der Waals surface area contributed by atoms with Gasteiger partial charge in [-0.25, -0.2) is 0 Å².